The summed E-state index contributed by atoms with van der Waals surface area (Å²) in [5, 5.41) is -0.147. The van der Waals surface area contributed by atoms with Crippen LogP contribution in [0.1, 0.15) is 17.3 Å². The maximum absolute atomic E-state index is 11.9. The van der Waals surface area contributed by atoms with Crippen LogP contribution >= 0.6 is 0 Å². The molecule has 0 fully saturated rings. The zero-order chi connectivity index (χ0) is 13.2. The van der Waals surface area contributed by atoms with Gasteiger partial charge < -0.3 is 14.6 Å². The van der Waals surface area contributed by atoms with E-state index >= 15 is 0 Å². The molecule has 0 spiro atoms. The Morgan fingerprint density at radius 1 is 1.17 bits per heavy atom. The fourth-order valence-electron chi connectivity index (χ4n) is 1.43. The lowest BCUT2D eigenvalue weighted by molar-refractivity contribution is 0.410. The van der Waals surface area contributed by atoms with Crippen molar-refractivity contribution >= 4 is 10.0 Å². The summed E-state index contributed by atoms with van der Waals surface area (Å²) in [6.07, 6.45) is 0. The number of aryl methyl sites for hydroxylation is 1. The number of sulfonamides is 1. The molecule has 0 aliphatic carbocycles. The molecule has 0 saturated carbocycles. The molecule has 2 rings (SSSR count). The highest BCUT2D eigenvalue weighted by molar-refractivity contribution is 7.89. The molecule has 0 atom stereocenters. The summed E-state index contributed by atoms with van der Waals surface area (Å²) in [5.74, 6) is 1.69. The van der Waals surface area contributed by atoms with E-state index in [1.165, 1.54) is 12.1 Å². The normalized spacial score (nSPS) is 11.9. The van der Waals surface area contributed by atoms with E-state index in [0.717, 1.165) is 5.76 Å². The maximum atomic E-state index is 11.9. The molecule has 2 aromatic rings. The molecule has 3 N–H and O–H groups in total. The third kappa shape index (κ3) is 2.81. The molecule has 2 heterocycles. The number of rotatable bonds is 5. The van der Waals surface area contributed by atoms with Gasteiger partial charge in [-0.25, -0.2) is 13.1 Å². The lowest BCUT2D eigenvalue weighted by Crippen LogP contribution is -2.22. The molecule has 7 heteroatoms. The Balaban J connectivity index is 2.07. The van der Waals surface area contributed by atoms with Gasteiger partial charge in [-0.05, 0) is 31.2 Å². The third-order valence-corrected chi connectivity index (χ3v) is 3.61. The smallest absolute Gasteiger partial charge is 0.274 e. The van der Waals surface area contributed by atoms with Gasteiger partial charge >= 0.3 is 0 Å². The van der Waals surface area contributed by atoms with Crippen molar-refractivity contribution in [3.8, 4) is 0 Å². The fraction of sp³-hybridized carbons (Fsp3) is 0.273. The van der Waals surface area contributed by atoms with Gasteiger partial charge in [0.05, 0.1) is 13.1 Å². The summed E-state index contributed by atoms with van der Waals surface area (Å²) in [7, 11) is -3.67. The minimum Gasteiger partial charge on any atom is -0.465 e. The van der Waals surface area contributed by atoms with Crippen molar-refractivity contribution in [1.82, 2.24) is 4.72 Å². The van der Waals surface area contributed by atoms with E-state index in [-0.39, 0.29) is 18.2 Å². The molecule has 0 aromatic carbocycles. The topological polar surface area (TPSA) is 98.5 Å². The zero-order valence-electron chi connectivity index (χ0n) is 9.84. The highest BCUT2D eigenvalue weighted by Gasteiger charge is 2.18. The van der Waals surface area contributed by atoms with Crippen LogP contribution < -0.4 is 10.5 Å². The van der Waals surface area contributed by atoms with Crippen LogP contribution in [0.2, 0.25) is 0 Å². The van der Waals surface area contributed by atoms with Crippen LogP contribution in [-0.4, -0.2) is 8.42 Å². The number of hydrogen-bond donors (Lipinski definition) is 2. The zero-order valence-corrected chi connectivity index (χ0v) is 10.7. The average Bonchev–Trinajstić information content (AvgIpc) is 2.95. The third-order valence-electron chi connectivity index (χ3n) is 2.34. The van der Waals surface area contributed by atoms with Crippen molar-refractivity contribution in [2.24, 2.45) is 5.73 Å². The first-order valence-electron chi connectivity index (χ1n) is 5.35. The molecule has 98 valence electrons. The summed E-state index contributed by atoms with van der Waals surface area (Å²) in [6.45, 7) is 2.03. The van der Waals surface area contributed by atoms with Gasteiger partial charge in [-0.2, -0.15) is 0 Å². The van der Waals surface area contributed by atoms with Crippen molar-refractivity contribution in [3.63, 3.8) is 0 Å². The second-order valence-corrected chi connectivity index (χ2v) is 5.46. The molecule has 0 amide bonds. The van der Waals surface area contributed by atoms with E-state index in [1.54, 1.807) is 19.1 Å². The number of nitrogens with two attached hydrogens (primary N) is 1. The molecular formula is C11H14N2O4S. The van der Waals surface area contributed by atoms with Crippen molar-refractivity contribution in [1.29, 1.82) is 0 Å². The maximum Gasteiger partial charge on any atom is 0.274 e. The van der Waals surface area contributed by atoms with Gasteiger partial charge in [0, 0.05) is 0 Å². The monoisotopic (exact) mass is 270 g/mol. The van der Waals surface area contributed by atoms with E-state index in [9.17, 15) is 8.42 Å². The Morgan fingerprint density at radius 3 is 2.44 bits per heavy atom. The summed E-state index contributed by atoms with van der Waals surface area (Å²) in [4.78, 5) is 0. The lowest BCUT2D eigenvalue weighted by atomic mass is 10.4. The van der Waals surface area contributed by atoms with Crippen LogP contribution in [0.25, 0.3) is 0 Å². The lowest BCUT2D eigenvalue weighted by Gasteiger charge is -2.01. The Labute approximate surface area is 105 Å². The average molecular weight is 270 g/mol. The number of furan rings is 2. The van der Waals surface area contributed by atoms with Crippen LogP contribution in [0, 0.1) is 6.92 Å². The van der Waals surface area contributed by atoms with Crippen molar-refractivity contribution in [3.05, 3.63) is 41.5 Å². The van der Waals surface area contributed by atoms with Gasteiger partial charge in [0.1, 0.15) is 17.3 Å². The van der Waals surface area contributed by atoms with Gasteiger partial charge in [-0.3, -0.25) is 0 Å². The van der Waals surface area contributed by atoms with E-state index < -0.39 is 10.0 Å². The second-order valence-electron chi connectivity index (χ2n) is 3.76. The number of hydrogen-bond acceptors (Lipinski definition) is 5. The van der Waals surface area contributed by atoms with Crippen LogP contribution in [0.3, 0.4) is 0 Å². The Kier molecular flexibility index (Phi) is 3.55. The highest BCUT2D eigenvalue weighted by atomic mass is 32.2. The summed E-state index contributed by atoms with van der Waals surface area (Å²) >= 11 is 0. The molecule has 2 aromatic heterocycles. The molecule has 0 aliphatic rings. The van der Waals surface area contributed by atoms with Gasteiger partial charge in [-0.15, -0.1) is 0 Å². The van der Waals surface area contributed by atoms with Crippen LogP contribution in [-0.2, 0) is 23.1 Å². The SMILES string of the molecule is Cc1ccc(CNS(=O)(=O)c2ccc(CN)o2)o1. The van der Waals surface area contributed by atoms with E-state index in [4.69, 9.17) is 14.6 Å². The first-order valence-corrected chi connectivity index (χ1v) is 6.83. The number of nitrogens with one attached hydrogen (secondary N) is 1. The predicted octanol–water partition coefficient (Wildman–Crippen LogP) is 1.12. The molecule has 0 bridgehead atoms. The minimum absolute atomic E-state index is 0.0782. The second kappa shape index (κ2) is 4.97. The van der Waals surface area contributed by atoms with Crippen LogP contribution in [0.15, 0.2) is 38.2 Å². The first-order chi connectivity index (χ1) is 8.51. The molecule has 0 saturated heterocycles. The predicted molar refractivity (Wildman–Crippen MR) is 64.1 cm³/mol. The van der Waals surface area contributed by atoms with Crippen molar-refractivity contribution in [2.75, 3.05) is 0 Å². The van der Waals surface area contributed by atoms with E-state index in [2.05, 4.69) is 4.72 Å². The van der Waals surface area contributed by atoms with E-state index in [1.807, 2.05) is 0 Å². The summed E-state index contributed by atoms with van der Waals surface area (Å²) in [5.41, 5.74) is 5.35. The Hall–Kier alpha value is -1.57. The largest absolute Gasteiger partial charge is 0.465 e. The van der Waals surface area contributed by atoms with Crippen molar-refractivity contribution < 1.29 is 17.3 Å². The Morgan fingerprint density at radius 2 is 1.89 bits per heavy atom. The van der Waals surface area contributed by atoms with Gasteiger partial charge in [0.2, 0.25) is 5.09 Å². The molecule has 0 radical (unpaired) electrons. The van der Waals surface area contributed by atoms with Gasteiger partial charge in [0.15, 0.2) is 0 Å². The first kappa shape index (κ1) is 12.9. The van der Waals surface area contributed by atoms with Crippen LogP contribution in [0.4, 0.5) is 0 Å². The highest BCUT2D eigenvalue weighted by Crippen LogP contribution is 2.14. The fourth-order valence-corrected chi connectivity index (χ4v) is 2.37. The van der Waals surface area contributed by atoms with Crippen LogP contribution in [0.5, 0.6) is 0 Å². The van der Waals surface area contributed by atoms with Gasteiger partial charge in [-0.1, -0.05) is 0 Å². The molecular weight excluding hydrogens is 256 g/mol. The molecule has 0 unspecified atom stereocenters. The minimum atomic E-state index is -3.67. The van der Waals surface area contributed by atoms with Gasteiger partial charge in [0.25, 0.3) is 10.0 Å². The molecule has 0 aliphatic heterocycles. The summed E-state index contributed by atoms with van der Waals surface area (Å²) < 4.78 is 36.4. The standard InChI is InChI=1S/C11H14N2O4S/c1-8-2-3-10(16-8)7-13-18(14,15)11-5-4-9(6-12)17-11/h2-5,13H,6-7,12H2,1H3. The summed E-state index contributed by atoms with van der Waals surface area (Å²) in [6, 6.07) is 6.39. The Bertz CT molecular complexity index is 627. The quantitative estimate of drug-likeness (QED) is 0.848. The molecule has 18 heavy (non-hydrogen) atoms. The molecule has 6 nitrogen and oxygen atoms in total. The van der Waals surface area contributed by atoms with E-state index in [0.29, 0.717) is 11.5 Å². The van der Waals surface area contributed by atoms with Crippen molar-refractivity contribution in [2.45, 2.75) is 25.1 Å².